The van der Waals surface area contributed by atoms with Gasteiger partial charge in [-0.05, 0) is 30.7 Å². The lowest BCUT2D eigenvalue weighted by Crippen LogP contribution is -2.14. The van der Waals surface area contributed by atoms with Crippen LogP contribution in [0.4, 0.5) is 0 Å². The van der Waals surface area contributed by atoms with Crippen LogP contribution in [0.25, 0.3) is 5.69 Å². The van der Waals surface area contributed by atoms with Crippen molar-refractivity contribution in [2.45, 2.75) is 19.9 Å². The summed E-state index contributed by atoms with van der Waals surface area (Å²) in [5.74, 6) is 0.392. The van der Waals surface area contributed by atoms with Crippen molar-refractivity contribution in [3.8, 4) is 11.8 Å². The van der Waals surface area contributed by atoms with Crippen LogP contribution in [0.3, 0.4) is 0 Å². The van der Waals surface area contributed by atoms with E-state index in [-0.39, 0.29) is 0 Å². The molecule has 0 saturated carbocycles. The summed E-state index contributed by atoms with van der Waals surface area (Å²) in [5.41, 5.74) is 2.14. The Bertz CT molecular complexity index is 598. The molecule has 0 aliphatic rings. The first-order valence-corrected chi connectivity index (χ1v) is 6.98. The maximum absolute atomic E-state index is 8.98. The minimum absolute atomic E-state index is 0.392. The summed E-state index contributed by atoms with van der Waals surface area (Å²) in [6, 6.07) is 8.13. The van der Waals surface area contributed by atoms with Gasteiger partial charge in [-0.3, -0.25) is 4.57 Å². The molecule has 5 heteroatoms. The molecule has 0 radical (unpaired) electrons. The Hall–Kier alpha value is -1.64. The number of nitriles is 1. The molecule has 4 nitrogen and oxygen atoms in total. The van der Waals surface area contributed by atoms with Crippen molar-refractivity contribution in [2.24, 2.45) is 0 Å². The highest BCUT2D eigenvalue weighted by Crippen LogP contribution is 2.21. The lowest BCUT2D eigenvalue weighted by atomic mass is 10.2. The number of imidazole rings is 1. The average molecular weight is 319 g/mol. The quantitative estimate of drug-likeness (QED) is 0.862. The van der Waals surface area contributed by atoms with Gasteiger partial charge in [0.1, 0.15) is 6.07 Å². The van der Waals surface area contributed by atoms with Gasteiger partial charge in [0.15, 0.2) is 0 Å². The zero-order valence-corrected chi connectivity index (χ0v) is 12.3. The molecule has 0 saturated heterocycles. The Balaban J connectivity index is 2.22. The van der Waals surface area contributed by atoms with E-state index in [2.05, 4.69) is 45.3 Å². The molecule has 1 N–H and O–H groups in total. The molecule has 0 aliphatic heterocycles. The van der Waals surface area contributed by atoms with E-state index in [1.165, 1.54) is 5.56 Å². The fourth-order valence-electron chi connectivity index (χ4n) is 1.82. The zero-order chi connectivity index (χ0) is 13.7. The van der Waals surface area contributed by atoms with Crippen LogP contribution < -0.4 is 5.32 Å². The summed E-state index contributed by atoms with van der Waals surface area (Å²) in [6.45, 7) is 3.99. The van der Waals surface area contributed by atoms with Crippen LogP contribution in [0.2, 0.25) is 0 Å². The van der Waals surface area contributed by atoms with Gasteiger partial charge in [0, 0.05) is 29.1 Å². The SMILES string of the molecule is CCCNCc1ccc(-n2ccnc2C#N)cc1Br. The zero-order valence-electron chi connectivity index (χ0n) is 10.7. The van der Waals surface area contributed by atoms with Gasteiger partial charge in [-0.25, -0.2) is 4.98 Å². The molecule has 0 fully saturated rings. The fraction of sp³-hybridized carbons (Fsp3) is 0.286. The van der Waals surface area contributed by atoms with E-state index in [4.69, 9.17) is 5.26 Å². The summed E-state index contributed by atoms with van der Waals surface area (Å²) in [7, 11) is 0. The standard InChI is InChI=1S/C14H15BrN4/c1-2-5-17-10-11-3-4-12(8-13(11)15)19-7-6-18-14(19)9-16/h3-4,6-8,17H,2,5,10H2,1H3. The number of rotatable bonds is 5. The molecular formula is C14H15BrN4. The van der Waals surface area contributed by atoms with Gasteiger partial charge in [-0.2, -0.15) is 5.26 Å². The van der Waals surface area contributed by atoms with Crippen LogP contribution in [-0.2, 0) is 6.54 Å². The highest BCUT2D eigenvalue weighted by atomic mass is 79.9. The van der Waals surface area contributed by atoms with Crippen molar-refractivity contribution >= 4 is 15.9 Å². The van der Waals surface area contributed by atoms with Crippen molar-refractivity contribution in [1.82, 2.24) is 14.9 Å². The number of hydrogen-bond acceptors (Lipinski definition) is 3. The molecule has 0 amide bonds. The first-order chi connectivity index (χ1) is 9.26. The van der Waals surface area contributed by atoms with E-state index in [9.17, 15) is 0 Å². The summed E-state index contributed by atoms with van der Waals surface area (Å²) in [5, 5.41) is 12.3. The largest absolute Gasteiger partial charge is 0.313 e. The molecule has 0 atom stereocenters. The molecular weight excluding hydrogens is 304 g/mol. The number of nitrogens with zero attached hydrogens (tertiary/aromatic N) is 3. The number of nitrogens with one attached hydrogen (secondary N) is 1. The molecule has 98 valence electrons. The molecule has 0 unspecified atom stereocenters. The second kappa shape index (κ2) is 6.50. The van der Waals surface area contributed by atoms with Gasteiger partial charge in [-0.1, -0.05) is 28.9 Å². The summed E-state index contributed by atoms with van der Waals surface area (Å²) >= 11 is 3.57. The highest BCUT2D eigenvalue weighted by molar-refractivity contribution is 9.10. The molecule has 0 spiro atoms. The second-order valence-electron chi connectivity index (χ2n) is 4.19. The Morgan fingerprint density at radius 3 is 3.00 bits per heavy atom. The normalized spacial score (nSPS) is 10.4. The van der Waals surface area contributed by atoms with Gasteiger partial charge >= 0.3 is 0 Å². The number of aromatic nitrogens is 2. The number of hydrogen-bond donors (Lipinski definition) is 1. The second-order valence-corrected chi connectivity index (χ2v) is 5.04. The fourth-order valence-corrected chi connectivity index (χ4v) is 2.33. The Morgan fingerprint density at radius 2 is 2.32 bits per heavy atom. The third-order valence-electron chi connectivity index (χ3n) is 2.80. The molecule has 19 heavy (non-hydrogen) atoms. The first-order valence-electron chi connectivity index (χ1n) is 6.19. The minimum atomic E-state index is 0.392. The maximum Gasteiger partial charge on any atom is 0.217 e. The van der Waals surface area contributed by atoms with Crippen molar-refractivity contribution < 1.29 is 0 Å². The third-order valence-corrected chi connectivity index (χ3v) is 3.54. The Labute approximate surface area is 121 Å². The van der Waals surface area contributed by atoms with Crippen molar-refractivity contribution in [3.63, 3.8) is 0 Å². The summed E-state index contributed by atoms with van der Waals surface area (Å²) in [6.07, 6.45) is 4.54. The lowest BCUT2D eigenvalue weighted by Gasteiger charge is -2.09. The van der Waals surface area contributed by atoms with E-state index in [0.29, 0.717) is 5.82 Å². The van der Waals surface area contributed by atoms with Gasteiger partial charge in [0.25, 0.3) is 0 Å². The van der Waals surface area contributed by atoms with E-state index in [1.807, 2.05) is 12.1 Å². The Kier molecular flexibility index (Phi) is 4.72. The number of benzene rings is 1. The van der Waals surface area contributed by atoms with E-state index in [1.54, 1.807) is 17.0 Å². The maximum atomic E-state index is 8.98. The van der Waals surface area contributed by atoms with Crippen molar-refractivity contribution in [1.29, 1.82) is 5.26 Å². The number of halogens is 1. The van der Waals surface area contributed by atoms with Gasteiger partial charge in [0.05, 0.1) is 0 Å². The average Bonchev–Trinajstić information content (AvgIpc) is 2.89. The topological polar surface area (TPSA) is 53.6 Å². The van der Waals surface area contributed by atoms with E-state index >= 15 is 0 Å². The molecule has 1 aromatic heterocycles. The van der Waals surface area contributed by atoms with Gasteiger partial charge < -0.3 is 5.32 Å². The molecule has 1 aromatic carbocycles. The van der Waals surface area contributed by atoms with E-state index < -0.39 is 0 Å². The van der Waals surface area contributed by atoms with Crippen LogP contribution in [0, 0.1) is 11.3 Å². The van der Waals surface area contributed by atoms with Gasteiger partial charge in [-0.15, -0.1) is 0 Å². The van der Waals surface area contributed by atoms with Crippen LogP contribution in [-0.4, -0.2) is 16.1 Å². The van der Waals surface area contributed by atoms with E-state index in [0.717, 1.165) is 29.7 Å². The lowest BCUT2D eigenvalue weighted by molar-refractivity contribution is 0.674. The molecule has 2 rings (SSSR count). The van der Waals surface area contributed by atoms with Crippen LogP contribution in [0.15, 0.2) is 35.1 Å². The van der Waals surface area contributed by atoms with Crippen molar-refractivity contribution in [3.05, 3.63) is 46.5 Å². The Morgan fingerprint density at radius 1 is 1.47 bits per heavy atom. The molecule has 0 aliphatic carbocycles. The summed E-state index contributed by atoms with van der Waals surface area (Å²) < 4.78 is 2.81. The molecule has 1 heterocycles. The first kappa shape index (κ1) is 13.8. The van der Waals surface area contributed by atoms with Crippen LogP contribution >= 0.6 is 15.9 Å². The van der Waals surface area contributed by atoms with Crippen LogP contribution in [0.5, 0.6) is 0 Å². The third kappa shape index (κ3) is 3.22. The predicted molar refractivity (Wildman–Crippen MR) is 78.0 cm³/mol. The molecule has 0 bridgehead atoms. The minimum Gasteiger partial charge on any atom is -0.313 e. The highest BCUT2D eigenvalue weighted by Gasteiger charge is 2.06. The predicted octanol–water partition coefficient (Wildman–Crippen LogP) is 3.01. The summed E-state index contributed by atoms with van der Waals surface area (Å²) in [4.78, 5) is 4.00. The monoisotopic (exact) mass is 318 g/mol. The molecule has 2 aromatic rings. The van der Waals surface area contributed by atoms with Gasteiger partial charge in [0.2, 0.25) is 5.82 Å². The van der Waals surface area contributed by atoms with Crippen molar-refractivity contribution in [2.75, 3.05) is 6.54 Å². The van der Waals surface area contributed by atoms with Crippen LogP contribution in [0.1, 0.15) is 24.7 Å². The smallest absolute Gasteiger partial charge is 0.217 e.